The molecule has 0 amide bonds. The summed E-state index contributed by atoms with van der Waals surface area (Å²) in [6, 6.07) is 16.5. The number of benzene rings is 2. The van der Waals surface area contributed by atoms with Gasteiger partial charge in [0, 0.05) is 26.9 Å². The molecular formula is C32H46Cl2N2OS. The van der Waals surface area contributed by atoms with E-state index in [-0.39, 0.29) is 21.6 Å². The second kappa shape index (κ2) is 13.5. The van der Waals surface area contributed by atoms with Crippen LogP contribution in [0.25, 0.3) is 0 Å². The summed E-state index contributed by atoms with van der Waals surface area (Å²) in [6.45, 7) is 10.7. The van der Waals surface area contributed by atoms with Gasteiger partial charge in [-0.05, 0) is 93.2 Å². The van der Waals surface area contributed by atoms with Gasteiger partial charge in [0.25, 0.3) is 0 Å². The van der Waals surface area contributed by atoms with E-state index in [0.717, 1.165) is 42.1 Å². The molecule has 0 heterocycles. The van der Waals surface area contributed by atoms with Gasteiger partial charge in [-0.2, -0.15) is 0 Å². The average molecular weight is 578 g/mol. The summed E-state index contributed by atoms with van der Waals surface area (Å²) < 4.78 is 16.7. The Morgan fingerprint density at radius 1 is 0.921 bits per heavy atom. The highest BCUT2D eigenvalue weighted by molar-refractivity contribution is 7.91. The van der Waals surface area contributed by atoms with Gasteiger partial charge in [-0.1, -0.05) is 92.4 Å². The molecular weight excluding hydrogens is 531 g/mol. The van der Waals surface area contributed by atoms with Crippen LogP contribution in [0.5, 0.6) is 0 Å². The van der Waals surface area contributed by atoms with Crippen molar-refractivity contribution in [3.63, 3.8) is 0 Å². The van der Waals surface area contributed by atoms with Crippen molar-refractivity contribution >= 4 is 40.8 Å². The number of hydrogen-bond acceptors (Lipinski definition) is 3. The minimum Gasteiger partial charge on any atom is -0.591 e. The van der Waals surface area contributed by atoms with Gasteiger partial charge >= 0.3 is 0 Å². The molecule has 0 radical (unpaired) electrons. The Morgan fingerprint density at radius 2 is 1.39 bits per heavy atom. The van der Waals surface area contributed by atoms with Crippen LogP contribution in [-0.4, -0.2) is 21.6 Å². The van der Waals surface area contributed by atoms with Crippen LogP contribution in [0, 0.1) is 5.92 Å². The Labute approximate surface area is 244 Å². The summed E-state index contributed by atoms with van der Waals surface area (Å²) in [5.74, 6) is 0.662. The third-order valence-corrected chi connectivity index (χ3v) is 11.3. The number of nitrogens with zero attached hydrogens (tertiary/aromatic N) is 1. The number of rotatable bonds is 10. The van der Waals surface area contributed by atoms with Crippen molar-refractivity contribution in [3.05, 3.63) is 69.7 Å². The summed E-state index contributed by atoms with van der Waals surface area (Å²) in [4.78, 5) is 0. The van der Waals surface area contributed by atoms with Crippen LogP contribution < -0.4 is 5.73 Å². The Morgan fingerprint density at radius 3 is 1.76 bits per heavy atom. The first-order valence-electron chi connectivity index (χ1n) is 14.2. The normalized spacial score (nSPS) is 19.7. The molecule has 2 saturated carbocycles. The third-order valence-electron chi connectivity index (χ3n) is 9.08. The number of halogens is 2. The van der Waals surface area contributed by atoms with Gasteiger partial charge in [-0.25, -0.2) is 0 Å². The molecule has 0 saturated heterocycles. The van der Waals surface area contributed by atoms with E-state index in [1.807, 2.05) is 30.5 Å². The summed E-state index contributed by atoms with van der Waals surface area (Å²) in [7, 11) is 0. The van der Waals surface area contributed by atoms with Gasteiger partial charge in [0.05, 0.1) is 6.21 Å². The molecule has 210 valence electrons. The zero-order valence-electron chi connectivity index (χ0n) is 23.8. The highest BCUT2D eigenvalue weighted by atomic mass is 35.5. The zero-order valence-corrected chi connectivity index (χ0v) is 26.1. The van der Waals surface area contributed by atoms with Crippen molar-refractivity contribution in [2.24, 2.45) is 16.0 Å². The zero-order chi connectivity index (χ0) is 28.0. The van der Waals surface area contributed by atoms with Gasteiger partial charge in [0.15, 0.2) is 0 Å². The van der Waals surface area contributed by atoms with Crippen molar-refractivity contribution in [2.45, 2.75) is 114 Å². The molecule has 3 nitrogen and oxygen atoms in total. The Hall–Kier alpha value is -1.04. The molecule has 38 heavy (non-hydrogen) atoms. The summed E-state index contributed by atoms with van der Waals surface area (Å²) in [5.41, 5.74) is 9.24. The van der Waals surface area contributed by atoms with Crippen LogP contribution in [0.1, 0.15) is 104 Å². The largest absolute Gasteiger partial charge is 0.591 e. The molecule has 2 fully saturated rings. The first-order valence-corrected chi connectivity index (χ1v) is 16.1. The maximum Gasteiger partial charge on any atom is 0.149 e. The van der Waals surface area contributed by atoms with E-state index < -0.39 is 11.4 Å². The van der Waals surface area contributed by atoms with Crippen LogP contribution in [0.3, 0.4) is 0 Å². The molecule has 2 atom stereocenters. The van der Waals surface area contributed by atoms with Crippen LogP contribution in [-0.2, 0) is 22.2 Å². The quantitative estimate of drug-likeness (QED) is 0.226. The fourth-order valence-electron chi connectivity index (χ4n) is 5.55. The van der Waals surface area contributed by atoms with E-state index in [9.17, 15) is 4.55 Å². The summed E-state index contributed by atoms with van der Waals surface area (Å²) >= 11 is 10.7. The summed E-state index contributed by atoms with van der Waals surface area (Å²) in [6.07, 6.45) is 11.9. The van der Waals surface area contributed by atoms with E-state index in [0.29, 0.717) is 5.92 Å². The molecule has 0 bridgehead atoms. The lowest BCUT2D eigenvalue weighted by atomic mass is 9.59. The van der Waals surface area contributed by atoms with Crippen molar-refractivity contribution in [2.75, 3.05) is 0 Å². The van der Waals surface area contributed by atoms with Crippen molar-refractivity contribution in [1.82, 2.24) is 0 Å². The van der Waals surface area contributed by atoms with Gasteiger partial charge < -0.3 is 10.3 Å². The fourth-order valence-corrected chi connectivity index (χ4v) is 6.85. The van der Waals surface area contributed by atoms with Crippen molar-refractivity contribution in [1.29, 1.82) is 0 Å². The number of hydrogen-bond donors (Lipinski definition) is 1. The minimum atomic E-state index is -1.17. The molecule has 0 aromatic heterocycles. The van der Waals surface area contributed by atoms with E-state index >= 15 is 0 Å². The first kappa shape index (κ1) is 31.5. The second-order valence-electron chi connectivity index (χ2n) is 11.9. The highest BCUT2D eigenvalue weighted by Crippen LogP contribution is 2.47. The SMILES string of the molecule is CC(C)C[C@@H](N)C1(c2ccc(Cl)cc2)CCC1.CCC(C)(CC)[S+]([O-])N=CC1(c2ccc(Cl)cc2)CCC1. The summed E-state index contributed by atoms with van der Waals surface area (Å²) in [5, 5.41) is 1.55. The van der Waals surface area contributed by atoms with Gasteiger partial charge in [0.2, 0.25) is 0 Å². The molecule has 2 aromatic carbocycles. The van der Waals surface area contributed by atoms with E-state index in [1.54, 1.807) is 0 Å². The van der Waals surface area contributed by atoms with E-state index in [4.69, 9.17) is 28.9 Å². The Kier molecular flexibility index (Phi) is 11.2. The predicted molar refractivity (Wildman–Crippen MR) is 167 cm³/mol. The first-order chi connectivity index (χ1) is 18.0. The predicted octanol–water partition coefficient (Wildman–Crippen LogP) is 9.21. The molecule has 2 aliphatic rings. The Bertz CT molecular complexity index is 1030. The van der Waals surface area contributed by atoms with E-state index in [1.165, 1.54) is 36.8 Å². The smallest absolute Gasteiger partial charge is 0.149 e. The topological polar surface area (TPSA) is 61.4 Å². The maximum absolute atomic E-state index is 12.5. The Balaban J connectivity index is 0.000000215. The lowest BCUT2D eigenvalue weighted by Gasteiger charge is -2.47. The van der Waals surface area contributed by atoms with Crippen LogP contribution in [0.15, 0.2) is 52.9 Å². The van der Waals surface area contributed by atoms with Crippen LogP contribution in [0.2, 0.25) is 10.0 Å². The lowest BCUT2D eigenvalue weighted by molar-refractivity contribution is 0.178. The maximum atomic E-state index is 12.5. The standard InChI is InChI=1S/C17H24ClNOS.C15H22ClN/c1-4-16(3,5-2)21(20)19-13-17(11-6-12-17)14-7-9-15(18)10-8-14;1-11(2)10-14(17)15(8-3-9-15)12-4-6-13(16)7-5-12/h7-10,13H,4-6,11-12H2,1-3H3;4-7,11,14H,3,8-10,17H2,1-2H3/t;14-/m.1/s1. The van der Waals surface area contributed by atoms with Gasteiger partial charge in [0.1, 0.15) is 16.1 Å². The van der Waals surface area contributed by atoms with Gasteiger partial charge in [-0.15, -0.1) is 0 Å². The molecule has 2 aromatic rings. The molecule has 0 aliphatic heterocycles. The van der Waals surface area contributed by atoms with E-state index in [2.05, 4.69) is 63.3 Å². The fraction of sp³-hybridized carbons (Fsp3) is 0.594. The number of nitrogens with two attached hydrogens (primary N) is 1. The average Bonchev–Trinajstić information content (AvgIpc) is 2.84. The second-order valence-corrected chi connectivity index (χ2v) is 14.5. The molecule has 2 aliphatic carbocycles. The van der Waals surface area contributed by atoms with Crippen molar-refractivity contribution < 1.29 is 4.55 Å². The molecule has 0 spiro atoms. The minimum absolute atomic E-state index is 0.0390. The molecule has 6 heteroatoms. The molecule has 2 N–H and O–H groups in total. The van der Waals surface area contributed by atoms with Crippen LogP contribution >= 0.6 is 23.2 Å². The highest BCUT2D eigenvalue weighted by Gasteiger charge is 2.44. The third kappa shape index (κ3) is 7.18. The van der Waals surface area contributed by atoms with Crippen LogP contribution in [0.4, 0.5) is 0 Å². The molecule has 1 unspecified atom stereocenters. The lowest BCUT2D eigenvalue weighted by Crippen LogP contribution is -2.50. The van der Waals surface area contributed by atoms with Crippen molar-refractivity contribution in [3.8, 4) is 0 Å². The molecule has 4 rings (SSSR count). The monoisotopic (exact) mass is 576 g/mol. The van der Waals surface area contributed by atoms with Gasteiger partial charge in [-0.3, -0.25) is 0 Å².